The van der Waals surface area contributed by atoms with Gasteiger partial charge in [-0.2, -0.15) is 13.2 Å². The molecule has 0 saturated heterocycles. The zero-order valence-corrected chi connectivity index (χ0v) is 11.8. The Bertz CT molecular complexity index is 434. The number of rotatable bonds is 6. The summed E-state index contributed by atoms with van der Waals surface area (Å²) in [6.07, 6.45) is -1.93. The highest BCUT2D eigenvalue weighted by Crippen LogP contribution is 2.29. The average molecular weight is 293 g/mol. The second kappa shape index (κ2) is 7.05. The summed E-state index contributed by atoms with van der Waals surface area (Å²) in [7, 11) is -0.838. The summed E-state index contributed by atoms with van der Waals surface area (Å²) >= 11 is 0. The number of halogens is 3. The fourth-order valence-corrected chi connectivity index (χ4v) is 2.28. The molecule has 0 fully saturated rings. The Kier molecular flexibility index (Phi) is 6.00. The molecule has 1 N–H and O–H groups in total. The van der Waals surface area contributed by atoms with Crippen molar-refractivity contribution >= 4 is 10.8 Å². The van der Waals surface area contributed by atoms with Crippen LogP contribution >= 0.6 is 0 Å². The maximum Gasteiger partial charge on any atom is 0.416 e. The van der Waals surface area contributed by atoms with Crippen LogP contribution in [0, 0.1) is 0 Å². The van der Waals surface area contributed by atoms with Crippen molar-refractivity contribution in [2.24, 2.45) is 0 Å². The molecule has 1 aromatic carbocycles. The number of alkyl halides is 3. The van der Waals surface area contributed by atoms with Crippen LogP contribution in [0.15, 0.2) is 24.3 Å². The van der Waals surface area contributed by atoms with E-state index >= 15 is 0 Å². The highest BCUT2D eigenvalue weighted by Gasteiger charge is 2.30. The highest BCUT2D eigenvalue weighted by atomic mass is 32.2. The molecule has 0 aromatic heterocycles. The third-order valence-electron chi connectivity index (χ3n) is 2.75. The smallest absolute Gasteiger partial charge is 0.310 e. The fourth-order valence-electron chi connectivity index (χ4n) is 1.59. The van der Waals surface area contributed by atoms with Crippen LogP contribution < -0.4 is 5.32 Å². The lowest BCUT2D eigenvalue weighted by atomic mass is 10.1. The molecule has 108 valence electrons. The van der Waals surface area contributed by atoms with Gasteiger partial charge in [-0.05, 0) is 25.0 Å². The van der Waals surface area contributed by atoms with Crippen LogP contribution in [0.4, 0.5) is 13.2 Å². The normalized spacial score (nSPS) is 15.2. The molecule has 0 bridgehead atoms. The molecule has 0 amide bonds. The van der Waals surface area contributed by atoms with Crippen LogP contribution in [0.5, 0.6) is 0 Å². The number of hydrogen-bond acceptors (Lipinski definition) is 2. The molecular formula is C13H18F3NOS. The summed E-state index contributed by atoms with van der Waals surface area (Å²) in [4.78, 5) is 0. The van der Waals surface area contributed by atoms with Gasteiger partial charge in [0.2, 0.25) is 0 Å². The third kappa shape index (κ3) is 6.20. The maximum absolute atomic E-state index is 12.5. The Labute approximate surface area is 113 Å². The third-order valence-corrected chi connectivity index (χ3v) is 3.56. The lowest BCUT2D eigenvalue weighted by Gasteiger charge is -2.14. The summed E-state index contributed by atoms with van der Waals surface area (Å²) in [6, 6.07) is 5.40. The summed E-state index contributed by atoms with van der Waals surface area (Å²) in [5.41, 5.74) is -0.0339. The van der Waals surface area contributed by atoms with Crippen molar-refractivity contribution in [1.82, 2.24) is 5.32 Å². The predicted octanol–water partition coefficient (Wildman–Crippen LogP) is 2.95. The van der Waals surface area contributed by atoms with E-state index in [0.717, 1.165) is 18.6 Å². The Morgan fingerprint density at radius 2 is 2.05 bits per heavy atom. The van der Waals surface area contributed by atoms with E-state index in [0.29, 0.717) is 17.9 Å². The predicted molar refractivity (Wildman–Crippen MR) is 71.3 cm³/mol. The first-order valence-electron chi connectivity index (χ1n) is 5.98. The van der Waals surface area contributed by atoms with Gasteiger partial charge in [0, 0.05) is 35.4 Å². The second-order valence-electron chi connectivity index (χ2n) is 4.55. The monoisotopic (exact) mass is 293 g/mol. The van der Waals surface area contributed by atoms with Crippen molar-refractivity contribution in [2.45, 2.75) is 32.1 Å². The summed E-state index contributed by atoms with van der Waals surface area (Å²) in [6.45, 7) is 2.31. The molecule has 0 aliphatic rings. The van der Waals surface area contributed by atoms with Crippen molar-refractivity contribution in [2.75, 3.05) is 12.0 Å². The molecule has 2 nitrogen and oxygen atoms in total. The summed E-state index contributed by atoms with van der Waals surface area (Å²) in [5.74, 6) is 0.594. The molecule has 1 rings (SSSR count). The standard InChI is InChI=1S/C13H18F3NOS/c1-10(6-7-19(2)18)17-9-11-4-3-5-12(8-11)13(14,15)16/h3-5,8,10,17H,6-7,9H2,1-2H3. The number of benzene rings is 1. The van der Waals surface area contributed by atoms with Gasteiger partial charge in [-0.3, -0.25) is 4.21 Å². The van der Waals surface area contributed by atoms with Crippen LogP contribution in [-0.4, -0.2) is 22.3 Å². The molecule has 2 unspecified atom stereocenters. The van der Waals surface area contributed by atoms with Crippen molar-refractivity contribution in [3.05, 3.63) is 35.4 Å². The zero-order chi connectivity index (χ0) is 14.5. The van der Waals surface area contributed by atoms with Gasteiger partial charge in [-0.15, -0.1) is 0 Å². The van der Waals surface area contributed by atoms with Crippen LogP contribution in [0.1, 0.15) is 24.5 Å². The van der Waals surface area contributed by atoms with E-state index in [4.69, 9.17) is 0 Å². The SMILES string of the molecule is CC(CCS(C)=O)NCc1cccc(C(F)(F)F)c1. The number of hydrogen-bond donors (Lipinski definition) is 1. The minimum Gasteiger partial charge on any atom is -0.310 e. The van der Waals surface area contributed by atoms with Gasteiger partial charge < -0.3 is 5.32 Å². The molecule has 2 atom stereocenters. The lowest BCUT2D eigenvalue weighted by Crippen LogP contribution is -2.27. The fraction of sp³-hybridized carbons (Fsp3) is 0.538. The molecule has 1 aromatic rings. The summed E-state index contributed by atoms with van der Waals surface area (Å²) in [5, 5.41) is 3.13. The molecule has 6 heteroatoms. The highest BCUT2D eigenvalue weighted by molar-refractivity contribution is 7.84. The quantitative estimate of drug-likeness (QED) is 0.873. The Morgan fingerprint density at radius 1 is 1.37 bits per heavy atom. The Hall–Kier alpha value is -0.880. The first kappa shape index (κ1) is 16.2. The van der Waals surface area contributed by atoms with E-state index in [2.05, 4.69) is 5.32 Å². The van der Waals surface area contributed by atoms with Crippen LogP contribution in [0.2, 0.25) is 0 Å². The van der Waals surface area contributed by atoms with Gasteiger partial charge in [0.05, 0.1) is 5.56 Å². The minimum atomic E-state index is -4.30. The van der Waals surface area contributed by atoms with Crippen LogP contribution in [0.25, 0.3) is 0 Å². The topological polar surface area (TPSA) is 29.1 Å². The van der Waals surface area contributed by atoms with Crippen LogP contribution in [0.3, 0.4) is 0 Å². The molecule has 0 heterocycles. The van der Waals surface area contributed by atoms with Gasteiger partial charge in [-0.25, -0.2) is 0 Å². The molecular weight excluding hydrogens is 275 g/mol. The first-order valence-corrected chi connectivity index (χ1v) is 7.71. The largest absolute Gasteiger partial charge is 0.416 e. The van der Waals surface area contributed by atoms with Gasteiger partial charge in [0.15, 0.2) is 0 Å². The van der Waals surface area contributed by atoms with E-state index in [1.54, 1.807) is 12.3 Å². The van der Waals surface area contributed by atoms with E-state index in [1.807, 2.05) is 6.92 Å². The van der Waals surface area contributed by atoms with Crippen molar-refractivity contribution in [1.29, 1.82) is 0 Å². The van der Waals surface area contributed by atoms with E-state index in [1.165, 1.54) is 6.07 Å². The molecule has 0 radical (unpaired) electrons. The Morgan fingerprint density at radius 3 is 2.63 bits per heavy atom. The lowest BCUT2D eigenvalue weighted by molar-refractivity contribution is -0.137. The zero-order valence-electron chi connectivity index (χ0n) is 11.0. The van der Waals surface area contributed by atoms with Gasteiger partial charge in [0.1, 0.15) is 0 Å². The van der Waals surface area contributed by atoms with E-state index in [-0.39, 0.29) is 6.04 Å². The molecule has 0 saturated carbocycles. The van der Waals surface area contributed by atoms with Gasteiger partial charge in [0.25, 0.3) is 0 Å². The second-order valence-corrected chi connectivity index (χ2v) is 6.10. The molecule has 19 heavy (non-hydrogen) atoms. The summed E-state index contributed by atoms with van der Waals surface area (Å²) < 4.78 is 48.5. The van der Waals surface area contributed by atoms with Gasteiger partial charge >= 0.3 is 6.18 Å². The number of nitrogens with one attached hydrogen (secondary N) is 1. The van der Waals surface area contributed by atoms with E-state index < -0.39 is 22.5 Å². The Balaban J connectivity index is 2.51. The molecule has 0 spiro atoms. The van der Waals surface area contributed by atoms with Crippen LogP contribution in [-0.2, 0) is 23.5 Å². The first-order chi connectivity index (χ1) is 8.79. The molecule has 0 aliphatic carbocycles. The van der Waals surface area contributed by atoms with E-state index in [9.17, 15) is 17.4 Å². The van der Waals surface area contributed by atoms with Gasteiger partial charge in [-0.1, -0.05) is 18.2 Å². The maximum atomic E-state index is 12.5. The van der Waals surface area contributed by atoms with Crippen molar-refractivity contribution < 1.29 is 17.4 Å². The van der Waals surface area contributed by atoms with Crippen molar-refractivity contribution in [3.63, 3.8) is 0 Å². The average Bonchev–Trinajstić information content (AvgIpc) is 2.33. The minimum absolute atomic E-state index is 0.124. The van der Waals surface area contributed by atoms with Crippen molar-refractivity contribution in [3.8, 4) is 0 Å². The molecule has 0 aliphatic heterocycles.